The monoisotopic (exact) mass is 172 g/mol. The molecule has 0 aliphatic heterocycles. The van der Waals surface area contributed by atoms with Gasteiger partial charge < -0.3 is 10.2 Å². The van der Waals surface area contributed by atoms with E-state index in [4.69, 9.17) is 5.11 Å². The van der Waals surface area contributed by atoms with Crippen LogP contribution in [0.2, 0.25) is 0 Å². The van der Waals surface area contributed by atoms with Crippen LogP contribution in [0.25, 0.3) is 0 Å². The summed E-state index contributed by atoms with van der Waals surface area (Å²) in [6.45, 7) is 5.25. The van der Waals surface area contributed by atoms with Crippen LogP contribution >= 0.6 is 0 Å². The number of aliphatic hydroxyl groups excluding tert-OH is 2. The lowest BCUT2D eigenvalue weighted by Gasteiger charge is -2.12. The van der Waals surface area contributed by atoms with E-state index >= 15 is 0 Å². The highest BCUT2D eigenvalue weighted by Crippen LogP contribution is 2.08. The summed E-state index contributed by atoms with van der Waals surface area (Å²) >= 11 is 0. The van der Waals surface area contributed by atoms with Crippen LogP contribution in [0.4, 0.5) is 0 Å². The van der Waals surface area contributed by atoms with Gasteiger partial charge in [-0.2, -0.15) is 0 Å². The average Bonchev–Trinajstić information content (AvgIpc) is 2.03. The molecule has 2 N–H and O–H groups in total. The quantitative estimate of drug-likeness (QED) is 0.454. The molecule has 0 aliphatic rings. The van der Waals surface area contributed by atoms with E-state index in [1.165, 1.54) is 0 Å². The smallest absolute Gasteiger partial charge is 0.0796 e. The fourth-order valence-corrected chi connectivity index (χ4v) is 1.06. The molecule has 72 valence electrons. The largest absolute Gasteiger partial charge is 0.391 e. The fraction of sp³-hybridized carbons (Fsp3) is 0.800. The van der Waals surface area contributed by atoms with Gasteiger partial charge >= 0.3 is 0 Å². The third-order valence-electron chi connectivity index (χ3n) is 1.96. The number of hydrogen-bond acceptors (Lipinski definition) is 2. The van der Waals surface area contributed by atoms with Crippen LogP contribution in [-0.2, 0) is 0 Å². The lowest BCUT2D eigenvalue weighted by molar-refractivity contribution is 0.0247. The molecule has 2 heteroatoms. The Kier molecular flexibility index (Phi) is 7.11. The number of aliphatic hydroxyl groups is 2. The molecule has 0 rings (SSSR count). The van der Waals surface area contributed by atoms with Crippen LogP contribution < -0.4 is 0 Å². The van der Waals surface area contributed by atoms with Crippen molar-refractivity contribution >= 4 is 0 Å². The Bertz CT molecular complexity index is 110. The number of rotatable bonds is 7. The summed E-state index contributed by atoms with van der Waals surface area (Å²) in [7, 11) is 0. The van der Waals surface area contributed by atoms with Crippen LogP contribution in [-0.4, -0.2) is 22.4 Å². The standard InChI is InChI=1S/C10H20O2/c1-3-4-5-6-7-8-10(12)9(2)11/h3,9-12H,1,4-8H2,2H3. The molecule has 2 nitrogen and oxygen atoms in total. The topological polar surface area (TPSA) is 40.5 Å². The molecule has 12 heavy (non-hydrogen) atoms. The van der Waals surface area contributed by atoms with Crippen LogP contribution in [0.15, 0.2) is 12.7 Å². The van der Waals surface area contributed by atoms with E-state index in [0.717, 1.165) is 25.7 Å². The highest BCUT2D eigenvalue weighted by molar-refractivity contribution is 4.66. The zero-order valence-electron chi connectivity index (χ0n) is 7.87. The second kappa shape index (κ2) is 7.32. The van der Waals surface area contributed by atoms with E-state index in [9.17, 15) is 5.11 Å². The Balaban J connectivity index is 3.13. The summed E-state index contributed by atoms with van der Waals surface area (Å²) in [6.07, 6.45) is 5.74. The fourth-order valence-electron chi connectivity index (χ4n) is 1.06. The average molecular weight is 172 g/mol. The van der Waals surface area contributed by atoms with E-state index in [-0.39, 0.29) is 0 Å². The summed E-state index contributed by atoms with van der Waals surface area (Å²) in [5.74, 6) is 0. The van der Waals surface area contributed by atoms with Crippen molar-refractivity contribution in [1.82, 2.24) is 0 Å². The van der Waals surface area contributed by atoms with Gasteiger partial charge in [-0.25, -0.2) is 0 Å². The first-order valence-electron chi connectivity index (χ1n) is 4.65. The summed E-state index contributed by atoms with van der Waals surface area (Å²) in [5.41, 5.74) is 0. The molecular weight excluding hydrogens is 152 g/mol. The predicted octanol–water partition coefficient (Wildman–Crippen LogP) is 1.86. The molecule has 0 aromatic rings. The number of unbranched alkanes of at least 4 members (excludes halogenated alkanes) is 3. The maximum Gasteiger partial charge on any atom is 0.0796 e. The zero-order chi connectivity index (χ0) is 9.40. The van der Waals surface area contributed by atoms with Crippen LogP contribution in [0, 0.1) is 0 Å². The van der Waals surface area contributed by atoms with Gasteiger partial charge in [-0.05, 0) is 26.2 Å². The van der Waals surface area contributed by atoms with E-state index in [1.54, 1.807) is 6.92 Å². The molecule has 0 heterocycles. The van der Waals surface area contributed by atoms with Crippen molar-refractivity contribution in [2.75, 3.05) is 0 Å². The minimum atomic E-state index is -0.593. The van der Waals surface area contributed by atoms with Gasteiger partial charge in [-0.15, -0.1) is 6.58 Å². The molecule has 2 atom stereocenters. The Labute approximate surface area is 74.9 Å². The minimum Gasteiger partial charge on any atom is -0.391 e. The minimum absolute atomic E-state index is 0.547. The molecule has 0 aromatic carbocycles. The molecule has 0 bridgehead atoms. The maximum absolute atomic E-state index is 9.21. The summed E-state index contributed by atoms with van der Waals surface area (Å²) in [6, 6.07) is 0. The third kappa shape index (κ3) is 6.38. The van der Waals surface area contributed by atoms with Gasteiger partial charge in [0.2, 0.25) is 0 Å². The first kappa shape index (κ1) is 11.7. The van der Waals surface area contributed by atoms with Gasteiger partial charge in [0.1, 0.15) is 0 Å². The molecule has 0 saturated carbocycles. The van der Waals surface area contributed by atoms with E-state index in [0.29, 0.717) is 6.42 Å². The van der Waals surface area contributed by atoms with E-state index in [2.05, 4.69) is 6.58 Å². The molecule has 0 radical (unpaired) electrons. The van der Waals surface area contributed by atoms with Gasteiger partial charge in [-0.3, -0.25) is 0 Å². The Morgan fingerprint density at radius 1 is 1.25 bits per heavy atom. The van der Waals surface area contributed by atoms with Gasteiger partial charge in [0.15, 0.2) is 0 Å². The molecule has 0 amide bonds. The Hall–Kier alpha value is -0.340. The van der Waals surface area contributed by atoms with E-state index < -0.39 is 12.2 Å². The summed E-state index contributed by atoms with van der Waals surface area (Å²) in [4.78, 5) is 0. The highest BCUT2D eigenvalue weighted by Gasteiger charge is 2.08. The van der Waals surface area contributed by atoms with E-state index in [1.807, 2.05) is 6.08 Å². The predicted molar refractivity (Wildman–Crippen MR) is 51.0 cm³/mol. The first-order chi connectivity index (χ1) is 5.68. The van der Waals surface area contributed by atoms with Crippen molar-refractivity contribution in [3.8, 4) is 0 Å². The van der Waals surface area contributed by atoms with Crippen molar-refractivity contribution in [2.24, 2.45) is 0 Å². The van der Waals surface area contributed by atoms with Crippen molar-refractivity contribution in [3.63, 3.8) is 0 Å². The van der Waals surface area contributed by atoms with Gasteiger partial charge in [-0.1, -0.05) is 18.9 Å². The van der Waals surface area contributed by atoms with Gasteiger partial charge in [0.25, 0.3) is 0 Å². The Morgan fingerprint density at radius 2 is 1.92 bits per heavy atom. The summed E-state index contributed by atoms with van der Waals surface area (Å²) < 4.78 is 0. The van der Waals surface area contributed by atoms with Crippen molar-refractivity contribution in [1.29, 1.82) is 0 Å². The Morgan fingerprint density at radius 3 is 2.42 bits per heavy atom. The molecular formula is C10H20O2. The lowest BCUT2D eigenvalue weighted by atomic mass is 10.1. The van der Waals surface area contributed by atoms with Crippen LogP contribution in [0.5, 0.6) is 0 Å². The maximum atomic E-state index is 9.21. The normalized spacial score (nSPS) is 15.6. The molecule has 2 unspecified atom stereocenters. The van der Waals surface area contributed by atoms with Crippen molar-refractivity contribution in [2.45, 2.75) is 51.2 Å². The number of allylic oxidation sites excluding steroid dienone is 1. The van der Waals surface area contributed by atoms with Crippen LogP contribution in [0.1, 0.15) is 39.0 Å². The van der Waals surface area contributed by atoms with Crippen molar-refractivity contribution in [3.05, 3.63) is 12.7 Å². The summed E-state index contributed by atoms with van der Waals surface area (Å²) in [5, 5.41) is 18.2. The molecule has 0 spiro atoms. The lowest BCUT2D eigenvalue weighted by Crippen LogP contribution is -2.21. The molecule has 0 aliphatic carbocycles. The molecule has 0 fully saturated rings. The van der Waals surface area contributed by atoms with Gasteiger partial charge in [0.05, 0.1) is 12.2 Å². The SMILES string of the molecule is C=CCCCCCC(O)C(C)O. The third-order valence-corrected chi connectivity index (χ3v) is 1.96. The highest BCUT2D eigenvalue weighted by atomic mass is 16.3. The molecule has 0 aromatic heterocycles. The van der Waals surface area contributed by atoms with Crippen molar-refractivity contribution < 1.29 is 10.2 Å². The second-order valence-corrected chi connectivity index (χ2v) is 3.23. The molecule has 0 saturated heterocycles. The number of hydrogen-bond donors (Lipinski definition) is 2. The second-order valence-electron chi connectivity index (χ2n) is 3.23. The van der Waals surface area contributed by atoms with Crippen LogP contribution in [0.3, 0.4) is 0 Å². The zero-order valence-corrected chi connectivity index (χ0v) is 7.87. The van der Waals surface area contributed by atoms with Gasteiger partial charge in [0, 0.05) is 0 Å². The first-order valence-corrected chi connectivity index (χ1v) is 4.65.